The van der Waals surface area contributed by atoms with Gasteiger partial charge in [-0.05, 0) is 361 Å². The lowest BCUT2D eigenvalue weighted by atomic mass is 9.63. The van der Waals surface area contributed by atoms with Crippen LogP contribution in [0.1, 0.15) is 236 Å². The minimum atomic E-state index is -0.366. The number of aryl methyl sites for hydroxylation is 10. The zero-order chi connectivity index (χ0) is 95.9. The fourth-order valence-corrected chi connectivity index (χ4v) is 27.1. The monoisotopic (exact) mass is 1820 g/mol. The zero-order valence-corrected chi connectivity index (χ0v) is 83.8. The van der Waals surface area contributed by atoms with Crippen molar-refractivity contribution in [1.29, 1.82) is 0 Å². The van der Waals surface area contributed by atoms with Gasteiger partial charge in [-0.1, -0.05) is 264 Å². The summed E-state index contributed by atoms with van der Waals surface area (Å²) < 4.78 is 29.4. The van der Waals surface area contributed by atoms with Crippen LogP contribution in [0.4, 0.5) is 0 Å². The largest absolute Gasteiger partial charge is 0.213 e. The minimum Gasteiger partial charge on any atom is -0.201 e. The molecule has 0 radical (unpaired) electrons. The summed E-state index contributed by atoms with van der Waals surface area (Å²) in [5, 5.41) is 0. The lowest BCUT2D eigenvalue weighted by Gasteiger charge is -2.42. The van der Waals surface area contributed by atoms with Crippen molar-refractivity contribution in [2.45, 2.75) is 212 Å². The van der Waals surface area contributed by atoms with Crippen molar-refractivity contribution in [3.05, 3.63) is 390 Å². The van der Waals surface area contributed by atoms with Gasteiger partial charge >= 0.3 is 0 Å². The Morgan fingerprint density at radius 3 is 0.717 bits per heavy atom. The Balaban J connectivity index is 0.000000104. The maximum Gasteiger partial charge on any atom is 0.213 e. The third-order valence-corrected chi connectivity index (χ3v) is 35.2. The Kier molecular flexibility index (Phi) is 26.8. The minimum absolute atomic E-state index is 0.350. The van der Waals surface area contributed by atoms with Crippen LogP contribution in [0.15, 0.2) is 334 Å². The van der Waals surface area contributed by atoms with Gasteiger partial charge in [0.1, 0.15) is 35.2 Å². The second-order valence-electron chi connectivity index (χ2n) is 43.7. The van der Waals surface area contributed by atoms with Crippen molar-refractivity contribution >= 4 is 0 Å². The molecule has 28 rings (SSSR count). The van der Waals surface area contributed by atoms with Gasteiger partial charge in [0.25, 0.3) is 0 Å². The number of hydrogen-bond donors (Lipinski definition) is 0. The van der Waals surface area contributed by atoms with Crippen LogP contribution in [-0.2, 0) is 35.2 Å². The maximum absolute atomic E-state index is 9.22. The summed E-state index contributed by atoms with van der Waals surface area (Å²) in [4.78, 5) is 0. The topological polar surface area (TPSA) is 19.4 Å². The molecule has 5 heteroatoms. The van der Waals surface area contributed by atoms with Crippen LogP contribution in [0.3, 0.4) is 0 Å². The molecule has 10 aromatic carbocycles. The van der Waals surface area contributed by atoms with E-state index in [1.54, 1.807) is 16.7 Å². The third-order valence-electron chi connectivity index (χ3n) is 35.2. The van der Waals surface area contributed by atoms with Crippen LogP contribution in [0.2, 0.25) is 0 Å². The van der Waals surface area contributed by atoms with Crippen molar-refractivity contribution in [3.8, 4) is 112 Å². The molecule has 0 aliphatic heterocycles. The second-order valence-corrected chi connectivity index (χ2v) is 43.7. The van der Waals surface area contributed by atoms with Crippen molar-refractivity contribution in [1.82, 2.24) is 0 Å². The Bertz CT molecular complexity index is 6930. The second kappa shape index (κ2) is 41.2. The highest BCUT2D eigenvalue weighted by molar-refractivity contribution is 5.76. The van der Waals surface area contributed by atoms with E-state index in [1.165, 1.54) is 286 Å². The SMILES string of the molecule is Cc1ccccc1-c1cc(-c2ccc(C3CC4CCC3C4)cc2)cc[n+]1C.Cc1ccccc1-c1cc(-c2ccc(C3CC4CCC3CC4)cc2)cc[n+]1C.Cc1ccccc1-c1cc(-c2cccc(C3CC4CCC3CC4)c2)cc[n+]1C.[2H]C1(c2ccc(-c3cc[n+](C)c(-c4ccccc4C)c3)cc2)CC2CCC1C2.[2H]C1(c2ccc(-c3cc[n+](C)c(-c4ccccc4C)c3)cc2)CC2CCC1CC2. The number of hydrogen-bond acceptors (Lipinski definition) is 0. The van der Waals surface area contributed by atoms with E-state index >= 15 is 0 Å². The summed E-state index contributed by atoms with van der Waals surface area (Å²) in [6.07, 6.45) is 42.3. The summed E-state index contributed by atoms with van der Waals surface area (Å²) in [5.74, 6) is 10.1. The summed E-state index contributed by atoms with van der Waals surface area (Å²) in [6, 6.07) is 112. The number of pyridine rings is 5. The first kappa shape index (κ1) is 89.8. The van der Waals surface area contributed by atoms with Crippen LogP contribution in [0.25, 0.3) is 112 Å². The molecule has 13 aliphatic carbocycles. The zero-order valence-electron chi connectivity index (χ0n) is 85.8. The molecule has 698 valence electrons. The average molecular weight is 1820 g/mol. The van der Waals surface area contributed by atoms with Gasteiger partial charge in [0.15, 0.2) is 31.0 Å². The summed E-state index contributed by atoms with van der Waals surface area (Å²) in [7, 11) is 10.6. The number of benzene rings is 10. The molecule has 0 amide bonds. The van der Waals surface area contributed by atoms with E-state index in [9.17, 15) is 1.37 Å². The molecule has 13 fully saturated rings. The molecule has 5 heterocycles. The van der Waals surface area contributed by atoms with E-state index in [0.29, 0.717) is 11.8 Å². The quantitative estimate of drug-likeness (QED) is 0.0912. The van der Waals surface area contributed by atoms with Crippen molar-refractivity contribution in [3.63, 3.8) is 0 Å². The number of aromatic nitrogens is 5. The predicted octanol–water partition coefficient (Wildman–Crippen LogP) is 31.5. The van der Waals surface area contributed by atoms with E-state index in [4.69, 9.17) is 1.37 Å². The third kappa shape index (κ3) is 20.0. The van der Waals surface area contributed by atoms with Crippen molar-refractivity contribution in [2.75, 3.05) is 0 Å². The van der Waals surface area contributed by atoms with E-state index in [1.807, 2.05) is 0 Å². The van der Waals surface area contributed by atoms with Crippen LogP contribution in [0.5, 0.6) is 0 Å². The molecular weight excluding hydrogens is 1670 g/mol. The highest BCUT2D eigenvalue weighted by Crippen LogP contribution is 2.57. The first-order valence-electron chi connectivity index (χ1n) is 54.0. The Morgan fingerprint density at radius 2 is 0.435 bits per heavy atom. The molecule has 0 spiro atoms. The lowest BCUT2D eigenvalue weighted by molar-refractivity contribution is -0.660. The molecule has 0 saturated heterocycles. The predicted molar refractivity (Wildman–Crippen MR) is 571 cm³/mol. The first-order valence-corrected chi connectivity index (χ1v) is 53.0. The van der Waals surface area contributed by atoms with E-state index in [2.05, 4.69) is 427 Å². The molecule has 5 nitrogen and oxygen atoms in total. The molecule has 0 N–H and O–H groups in total. The van der Waals surface area contributed by atoms with Crippen LogP contribution in [0, 0.1) is 93.8 Å². The molecule has 10 bridgehead atoms. The maximum atomic E-state index is 9.22. The molecule has 13 aliphatic rings. The smallest absolute Gasteiger partial charge is 0.201 e. The number of rotatable bonds is 15. The Labute approximate surface area is 828 Å². The molecule has 5 aromatic heterocycles. The number of fused-ring (bicyclic) bond motifs is 13. The summed E-state index contributed by atoms with van der Waals surface area (Å²) in [6.45, 7) is 10.9. The Hall–Kier alpha value is -12.1. The van der Waals surface area contributed by atoms with Crippen LogP contribution >= 0.6 is 0 Å². The number of nitrogens with zero attached hydrogens (tertiary/aromatic N) is 5. The fraction of sp³-hybridized carbons (Fsp3) is 0.361. The fourth-order valence-electron chi connectivity index (χ4n) is 27.1. The molecular formula is C133H146N5+5. The normalized spacial score (nSPS) is 25.0. The van der Waals surface area contributed by atoms with Gasteiger partial charge < -0.3 is 0 Å². The molecule has 9 atom stereocenters. The molecule has 138 heavy (non-hydrogen) atoms. The lowest BCUT2D eigenvalue weighted by Crippen LogP contribution is -2.30. The average Bonchev–Trinajstić information content (AvgIpc) is 1.49. The highest BCUT2D eigenvalue weighted by atomic mass is 14.9. The van der Waals surface area contributed by atoms with Gasteiger partial charge in [0, 0.05) is 91.2 Å². The van der Waals surface area contributed by atoms with Gasteiger partial charge in [0.2, 0.25) is 28.5 Å². The van der Waals surface area contributed by atoms with E-state index in [-0.39, 0.29) is 11.8 Å². The van der Waals surface area contributed by atoms with Crippen molar-refractivity contribution < 1.29 is 25.6 Å². The van der Waals surface area contributed by atoms with E-state index < -0.39 is 0 Å². The molecule has 15 aromatic rings. The van der Waals surface area contributed by atoms with Crippen LogP contribution in [-0.4, -0.2) is 0 Å². The first-order chi connectivity index (χ1) is 68.1. The molecule has 9 unspecified atom stereocenters. The summed E-state index contributed by atoms with van der Waals surface area (Å²) >= 11 is 0. The van der Waals surface area contributed by atoms with Gasteiger partial charge in [0.05, 0.1) is 0 Å². The van der Waals surface area contributed by atoms with E-state index in [0.717, 1.165) is 77.9 Å². The van der Waals surface area contributed by atoms with Crippen LogP contribution < -0.4 is 22.8 Å². The summed E-state index contributed by atoms with van der Waals surface area (Å²) in [5.41, 5.74) is 39.2. The van der Waals surface area contributed by atoms with Gasteiger partial charge in [-0.3, -0.25) is 0 Å². The standard InChI is InChI=1S/3C27H30N.2C26H28N/c1-19-6-3-4-9-25(19)27-18-23(14-15-28(27)2)22-7-5-8-24(17-22)26-16-20-10-12-21(26)13-11-20;2*1-19-5-3-4-6-25(19)27-18-24(15-16-28(27)2)21-11-13-23(14-12-21)26-17-20-7-9-22(26)10-8-20;2*1-18-5-3-4-6-24(18)26-17-22(13-14-27(26)2)20-9-11-21(12-10-20)25-16-19-7-8-23(25)15-19/h3-9,14-15,17-18,20-21,26H,10-13,16H2,1-2H3;2*3-6,11-16,18,20,22,26H,7-10,17H2,1-2H3;2*3-6,9-14,17,19,23,25H,7-8,15-16H2,1-2H3/q5*+1/i;26D;;25D;. The van der Waals surface area contributed by atoms with Gasteiger partial charge in [-0.25, -0.2) is 22.8 Å². The molecule has 13 saturated carbocycles. The highest BCUT2D eigenvalue weighted by Gasteiger charge is 2.43. The Morgan fingerprint density at radius 1 is 0.188 bits per heavy atom. The van der Waals surface area contributed by atoms with Gasteiger partial charge in [-0.2, -0.15) is 0 Å². The van der Waals surface area contributed by atoms with Gasteiger partial charge in [-0.15, -0.1) is 0 Å². The van der Waals surface area contributed by atoms with Crippen molar-refractivity contribution in [2.24, 2.45) is 94.4 Å².